The number of allylic oxidation sites excluding steroid dienone is 4. The lowest BCUT2D eigenvalue weighted by atomic mass is 9.93. The second-order valence-electron chi connectivity index (χ2n) is 7.90. The van der Waals surface area contributed by atoms with Gasteiger partial charge in [-0.15, -0.1) is 0 Å². The average Bonchev–Trinajstić information content (AvgIpc) is 2.82. The molecule has 0 spiro atoms. The first-order valence-corrected chi connectivity index (χ1v) is 10.4. The third-order valence-corrected chi connectivity index (χ3v) is 5.48. The number of esters is 1. The molecule has 166 valence electrons. The molecule has 0 amide bonds. The van der Waals surface area contributed by atoms with Crippen LogP contribution in [-0.4, -0.2) is 29.8 Å². The Morgan fingerprint density at radius 3 is 2.27 bits per heavy atom. The van der Waals surface area contributed by atoms with E-state index in [2.05, 4.69) is 0 Å². The Labute approximate surface area is 190 Å². The molecule has 0 fully saturated rings. The number of phenolic OH excluding ortho intramolecular Hbond substituents is 1. The van der Waals surface area contributed by atoms with Crippen LogP contribution in [0, 0.1) is 0 Å². The third kappa shape index (κ3) is 3.91. The van der Waals surface area contributed by atoms with Gasteiger partial charge in [-0.25, -0.2) is 4.79 Å². The molecular formula is C27H22O6. The van der Waals surface area contributed by atoms with E-state index in [4.69, 9.17) is 9.47 Å². The number of hydrogen-bond donors (Lipinski definition) is 1. The van der Waals surface area contributed by atoms with Gasteiger partial charge in [0.2, 0.25) is 5.78 Å². The van der Waals surface area contributed by atoms with Gasteiger partial charge in [-0.2, -0.15) is 0 Å². The van der Waals surface area contributed by atoms with E-state index in [1.54, 1.807) is 48.5 Å². The van der Waals surface area contributed by atoms with Crippen LogP contribution in [0.1, 0.15) is 50.5 Å². The normalized spacial score (nSPS) is 12.8. The summed E-state index contributed by atoms with van der Waals surface area (Å²) in [5, 5.41) is 11.8. The molecule has 0 saturated heterocycles. The molecule has 0 bridgehead atoms. The Morgan fingerprint density at radius 1 is 0.970 bits per heavy atom. The minimum absolute atomic E-state index is 0.0423. The highest BCUT2D eigenvalue weighted by Crippen LogP contribution is 2.42. The number of ketones is 2. The molecule has 0 aliphatic heterocycles. The monoisotopic (exact) mass is 442 g/mol. The molecule has 1 aliphatic rings. The summed E-state index contributed by atoms with van der Waals surface area (Å²) >= 11 is 0. The van der Waals surface area contributed by atoms with E-state index >= 15 is 0 Å². The molecule has 3 aromatic rings. The van der Waals surface area contributed by atoms with Crippen LogP contribution in [0.15, 0.2) is 72.0 Å². The number of benzene rings is 3. The van der Waals surface area contributed by atoms with Gasteiger partial charge < -0.3 is 14.6 Å². The first kappa shape index (κ1) is 22.0. The van der Waals surface area contributed by atoms with Gasteiger partial charge in [0.1, 0.15) is 17.1 Å². The lowest BCUT2D eigenvalue weighted by Crippen LogP contribution is -2.21. The fourth-order valence-electron chi connectivity index (χ4n) is 3.86. The minimum Gasteiger partial charge on any atom is -0.506 e. The van der Waals surface area contributed by atoms with Crippen LogP contribution in [-0.2, 0) is 11.2 Å². The molecular weight excluding hydrogens is 420 g/mol. The van der Waals surface area contributed by atoms with Crippen LogP contribution in [0.3, 0.4) is 0 Å². The lowest BCUT2D eigenvalue weighted by molar-refractivity contribution is 0.0596. The predicted molar refractivity (Wildman–Crippen MR) is 124 cm³/mol. The minimum atomic E-state index is -0.731. The van der Waals surface area contributed by atoms with Gasteiger partial charge >= 0.3 is 5.97 Å². The topological polar surface area (TPSA) is 89.9 Å². The first-order chi connectivity index (χ1) is 15.8. The van der Waals surface area contributed by atoms with Gasteiger partial charge in [0.15, 0.2) is 11.5 Å². The fourth-order valence-corrected chi connectivity index (χ4v) is 3.86. The van der Waals surface area contributed by atoms with Crippen molar-refractivity contribution in [2.75, 3.05) is 7.11 Å². The van der Waals surface area contributed by atoms with Crippen LogP contribution in [0.5, 0.6) is 11.5 Å². The summed E-state index contributed by atoms with van der Waals surface area (Å²) in [4.78, 5) is 38.4. The number of aromatic hydroxyl groups is 1. The molecule has 3 aromatic carbocycles. The van der Waals surface area contributed by atoms with Gasteiger partial charge in [0, 0.05) is 33.5 Å². The fraction of sp³-hybridized carbons (Fsp3) is 0.148. The molecule has 0 radical (unpaired) electrons. The standard InChI is InChI=1S/C27H22O6/c1-15(2)12-13-20-23(27(31)32-3)25(30)18-10-6-7-11-19(18)26(20)33-22-14-21(28)16-8-4-5-9-17(16)24(22)29/h4-12,14,30H,13H2,1-3H3. The molecule has 1 N–H and O–H groups in total. The lowest BCUT2D eigenvalue weighted by Gasteiger charge is -2.21. The SMILES string of the molecule is COC(=O)c1c(CC=C(C)C)c(OC2=CC(=O)c3ccccc3C2=O)c2ccccc2c1O. The number of ether oxygens (including phenoxy) is 2. The predicted octanol–water partition coefficient (Wildman–Crippen LogP) is 5.18. The Hall–Kier alpha value is -4.19. The highest BCUT2D eigenvalue weighted by atomic mass is 16.5. The van der Waals surface area contributed by atoms with Gasteiger partial charge in [-0.3, -0.25) is 9.59 Å². The van der Waals surface area contributed by atoms with Crippen molar-refractivity contribution in [3.8, 4) is 11.5 Å². The van der Waals surface area contributed by atoms with Gasteiger partial charge in [-0.05, 0) is 20.3 Å². The van der Waals surface area contributed by atoms with E-state index in [9.17, 15) is 19.5 Å². The van der Waals surface area contributed by atoms with Crippen molar-refractivity contribution in [2.45, 2.75) is 20.3 Å². The van der Waals surface area contributed by atoms with Crippen LogP contribution < -0.4 is 4.74 Å². The van der Waals surface area contributed by atoms with Crippen LogP contribution in [0.25, 0.3) is 10.8 Å². The number of rotatable bonds is 5. The number of carbonyl (C=O) groups is 3. The maximum absolute atomic E-state index is 13.1. The number of hydrogen-bond acceptors (Lipinski definition) is 6. The van der Waals surface area contributed by atoms with E-state index in [0.29, 0.717) is 21.9 Å². The summed E-state index contributed by atoms with van der Waals surface area (Å²) < 4.78 is 11.0. The molecule has 0 aromatic heterocycles. The van der Waals surface area contributed by atoms with Crippen LogP contribution in [0.4, 0.5) is 0 Å². The molecule has 4 rings (SSSR count). The van der Waals surface area contributed by atoms with Crippen molar-refractivity contribution in [2.24, 2.45) is 0 Å². The Kier molecular flexibility index (Phi) is 5.84. The summed E-state index contributed by atoms with van der Waals surface area (Å²) in [6, 6.07) is 13.4. The number of carbonyl (C=O) groups excluding carboxylic acids is 3. The van der Waals surface area contributed by atoms with Gasteiger partial charge in [0.25, 0.3) is 0 Å². The highest BCUT2D eigenvalue weighted by Gasteiger charge is 2.30. The Bertz CT molecular complexity index is 1370. The highest BCUT2D eigenvalue weighted by molar-refractivity contribution is 6.24. The molecule has 0 saturated carbocycles. The summed E-state index contributed by atoms with van der Waals surface area (Å²) in [7, 11) is 1.23. The number of fused-ring (bicyclic) bond motifs is 2. The van der Waals surface area contributed by atoms with Crippen molar-refractivity contribution < 1.29 is 29.0 Å². The summed E-state index contributed by atoms with van der Waals surface area (Å²) in [5.41, 5.74) is 1.87. The van der Waals surface area contributed by atoms with E-state index < -0.39 is 11.8 Å². The van der Waals surface area contributed by atoms with Crippen molar-refractivity contribution in [3.63, 3.8) is 0 Å². The van der Waals surface area contributed by atoms with E-state index in [-0.39, 0.29) is 40.6 Å². The Balaban J connectivity index is 1.97. The molecule has 1 aliphatic carbocycles. The van der Waals surface area contributed by atoms with Crippen molar-refractivity contribution in [1.29, 1.82) is 0 Å². The largest absolute Gasteiger partial charge is 0.506 e. The van der Waals surface area contributed by atoms with E-state index in [1.807, 2.05) is 19.9 Å². The number of Topliss-reactive ketones (excluding diaryl/α,β-unsaturated/α-hetero) is 1. The molecule has 6 nitrogen and oxygen atoms in total. The maximum atomic E-state index is 13.1. The number of methoxy groups -OCH3 is 1. The van der Waals surface area contributed by atoms with E-state index in [1.165, 1.54) is 7.11 Å². The zero-order valence-corrected chi connectivity index (χ0v) is 18.5. The quantitative estimate of drug-likeness (QED) is 0.432. The molecule has 0 heterocycles. The van der Waals surface area contributed by atoms with E-state index in [0.717, 1.165) is 11.6 Å². The van der Waals surface area contributed by atoms with Crippen molar-refractivity contribution in [1.82, 2.24) is 0 Å². The van der Waals surface area contributed by atoms with Crippen LogP contribution in [0.2, 0.25) is 0 Å². The second kappa shape index (κ2) is 8.74. The summed E-state index contributed by atoms with van der Waals surface area (Å²) in [6.45, 7) is 3.81. The Morgan fingerprint density at radius 2 is 1.61 bits per heavy atom. The summed E-state index contributed by atoms with van der Waals surface area (Å²) in [6.07, 6.45) is 3.28. The number of phenols is 1. The third-order valence-electron chi connectivity index (χ3n) is 5.48. The smallest absolute Gasteiger partial charge is 0.342 e. The summed E-state index contributed by atoms with van der Waals surface area (Å²) in [5.74, 6) is -1.67. The van der Waals surface area contributed by atoms with Gasteiger partial charge in [-0.1, -0.05) is 60.2 Å². The van der Waals surface area contributed by atoms with Crippen molar-refractivity contribution >= 4 is 28.3 Å². The average molecular weight is 442 g/mol. The molecule has 0 unspecified atom stereocenters. The maximum Gasteiger partial charge on any atom is 0.342 e. The van der Waals surface area contributed by atoms with Gasteiger partial charge in [0.05, 0.1) is 7.11 Å². The second-order valence-corrected chi connectivity index (χ2v) is 7.90. The molecule has 6 heteroatoms. The zero-order chi connectivity index (χ0) is 23.7. The first-order valence-electron chi connectivity index (χ1n) is 10.4. The van der Waals surface area contributed by atoms with Crippen molar-refractivity contribution in [3.05, 3.63) is 94.3 Å². The zero-order valence-electron chi connectivity index (χ0n) is 18.5. The molecule has 0 atom stereocenters. The van der Waals surface area contributed by atoms with Crippen LogP contribution >= 0.6 is 0 Å². The molecule has 33 heavy (non-hydrogen) atoms.